The lowest BCUT2D eigenvalue weighted by Crippen LogP contribution is -2.57. The molecule has 1 aromatic carbocycles. The SMILES string of the molecule is CC(O)(C(=O)N1CCC(c2ccnn2-c2ccc(C(F)(F)F)cc2Cl)CC1)C(F)(F)F. The van der Waals surface area contributed by atoms with Gasteiger partial charge < -0.3 is 10.0 Å². The molecule has 1 N–H and O–H groups in total. The van der Waals surface area contributed by atoms with Crippen molar-refractivity contribution in [2.24, 2.45) is 0 Å². The minimum absolute atomic E-state index is 0.0261. The van der Waals surface area contributed by atoms with Gasteiger partial charge in [-0.25, -0.2) is 4.68 Å². The number of carbonyl (C=O) groups is 1. The van der Waals surface area contributed by atoms with Crippen LogP contribution in [0.15, 0.2) is 30.5 Å². The lowest BCUT2D eigenvalue weighted by Gasteiger charge is -2.36. The number of likely N-dealkylation sites (tertiary alicyclic amines) is 1. The molecule has 31 heavy (non-hydrogen) atoms. The van der Waals surface area contributed by atoms with Crippen molar-refractivity contribution >= 4 is 17.5 Å². The molecule has 12 heteroatoms. The van der Waals surface area contributed by atoms with Gasteiger partial charge in [0.15, 0.2) is 0 Å². The summed E-state index contributed by atoms with van der Waals surface area (Å²) < 4.78 is 78.8. The van der Waals surface area contributed by atoms with Crippen LogP contribution in [-0.4, -0.2) is 50.6 Å². The van der Waals surface area contributed by atoms with Crippen LogP contribution in [-0.2, 0) is 11.0 Å². The number of amides is 1. The van der Waals surface area contributed by atoms with Crippen molar-refractivity contribution in [3.05, 3.63) is 46.7 Å². The first-order chi connectivity index (χ1) is 14.2. The first-order valence-corrected chi connectivity index (χ1v) is 9.61. The van der Waals surface area contributed by atoms with E-state index in [1.54, 1.807) is 6.07 Å². The minimum atomic E-state index is -5.10. The highest BCUT2D eigenvalue weighted by atomic mass is 35.5. The van der Waals surface area contributed by atoms with Crippen molar-refractivity contribution in [3.63, 3.8) is 0 Å². The topological polar surface area (TPSA) is 58.4 Å². The maximum Gasteiger partial charge on any atom is 0.426 e. The molecule has 3 rings (SSSR count). The van der Waals surface area contributed by atoms with E-state index in [4.69, 9.17) is 11.6 Å². The van der Waals surface area contributed by atoms with Gasteiger partial charge in [0.2, 0.25) is 5.60 Å². The van der Waals surface area contributed by atoms with Crippen LogP contribution in [0.5, 0.6) is 0 Å². The maximum atomic E-state index is 12.9. The molecule has 0 saturated carbocycles. The van der Waals surface area contributed by atoms with E-state index in [0.717, 1.165) is 17.0 Å². The number of carbonyl (C=O) groups excluding carboxylic acids is 1. The summed E-state index contributed by atoms with van der Waals surface area (Å²) in [6.45, 7) is 0.367. The van der Waals surface area contributed by atoms with Gasteiger partial charge in [-0.1, -0.05) is 11.6 Å². The number of rotatable bonds is 3. The highest BCUT2D eigenvalue weighted by Crippen LogP contribution is 2.37. The van der Waals surface area contributed by atoms with Crippen LogP contribution in [0.1, 0.15) is 36.9 Å². The van der Waals surface area contributed by atoms with Gasteiger partial charge in [0.1, 0.15) is 0 Å². The second-order valence-electron chi connectivity index (χ2n) is 7.47. The van der Waals surface area contributed by atoms with Gasteiger partial charge in [-0.15, -0.1) is 0 Å². The number of alkyl halides is 6. The van der Waals surface area contributed by atoms with Gasteiger partial charge in [0.25, 0.3) is 5.91 Å². The third-order valence-electron chi connectivity index (χ3n) is 5.34. The van der Waals surface area contributed by atoms with Crippen LogP contribution in [0.25, 0.3) is 5.69 Å². The van der Waals surface area contributed by atoms with E-state index in [0.29, 0.717) is 12.6 Å². The Hall–Kier alpha value is -2.27. The Morgan fingerprint density at radius 3 is 2.26 bits per heavy atom. The predicted molar refractivity (Wildman–Crippen MR) is 98.8 cm³/mol. The van der Waals surface area contributed by atoms with E-state index >= 15 is 0 Å². The quantitative estimate of drug-likeness (QED) is 0.670. The Morgan fingerprint density at radius 2 is 1.74 bits per heavy atom. The standard InChI is InChI=1S/C19H18ClF6N3O2/c1-17(31,19(24,25)26)16(30)28-8-5-11(6-9-28)14-4-7-27-29(14)15-3-2-12(10-13(15)20)18(21,22)23/h2-4,7,10-11,31H,5-6,8-9H2,1H3. The number of hydrogen-bond acceptors (Lipinski definition) is 3. The fraction of sp³-hybridized carbons (Fsp3) is 0.474. The van der Waals surface area contributed by atoms with E-state index < -0.39 is 29.4 Å². The molecule has 1 aliphatic heterocycles. The molecule has 1 saturated heterocycles. The first kappa shape index (κ1) is 23.4. The fourth-order valence-corrected chi connectivity index (χ4v) is 3.75. The average Bonchev–Trinajstić information content (AvgIpc) is 3.15. The molecule has 0 bridgehead atoms. The largest absolute Gasteiger partial charge is 0.426 e. The van der Waals surface area contributed by atoms with Crippen LogP contribution in [0.3, 0.4) is 0 Å². The summed E-state index contributed by atoms with van der Waals surface area (Å²) in [5.74, 6) is -1.64. The molecule has 1 atom stereocenters. The van der Waals surface area contributed by atoms with Crippen LogP contribution in [0, 0.1) is 0 Å². The molecule has 1 aromatic heterocycles. The van der Waals surface area contributed by atoms with Crippen LogP contribution < -0.4 is 0 Å². The van der Waals surface area contributed by atoms with Gasteiger partial charge in [-0.2, -0.15) is 31.4 Å². The monoisotopic (exact) mass is 469 g/mol. The summed E-state index contributed by atoms with van der Waals surface area (Å²) in [6.07, 6.45) is -7.65. The zero-order valence-corrected chi connectivity index (χ0v) is 16.9. The van der Waals surface area contributed by atoms with Crippen LogP contribution >= 0.6 is 11.6 Å². The van der Waals surface area contributed by atoms with E-state index in [1.807, 2.05) is 0 Å². The Balaban J connectivity index is 1.77. The summed E-state index contributed by atoms with van der Waals surface area (Å²) in [7, 11) is 0. The van der Waals surface area contributed by atoms with E-state index in [-0.39, 0.29) is 42.6 Å². The van der Waals surface area contributed by atoms with E-state index in [1.165, 1.54) is 16.9 Å². The molecule has 2 heterocycles. The second kappa shape index (κ2) is 8.01. The molecule has 1 unspecified atom stereocenters. The van der Waals surface area contributed by atoms with Crippen molar-refractivity contribution in [1.29, 1.82) is 0 Å². The zero-order valence-electron chi connectivity index (χ0n) is 16.1. The number of aliphatic hydroxyl groups is 1. The van der Waals surface area contributed by atoms with Gasteiger partial charge in [0, 0.05) is 30.9 Å². The Bertz CT molecular complexity index is 962. The molecule has 1 fully saturated rings. The normalized spacial score (nSPS) is 18.2. The Morgan fingerprint density at radius 1 is 1.13 bits per heavy atom. The first-order valence-electron chi connectivity index (χ1n) is 9.23. The molecule has 0 radical (unpaired) electrons. The molecule has 2 aromatic rings. The molecule has 1 aliphatic rings. The molecule has 0 aliphatic carbocycles. The highest BCUT2D eigenvalue weighted by molar-refractivity contribution is 6.32. The second-order valence-corrected chi connectivity index (χ2v) is 7.88. The van der Waals surface area contributed by atoms with Gasteiger partial charge in [-0.3, -0.25) is 4.79 Å². The van der Waals surface area contributed by atoms with Gasteiger partial charge >= 0.3 is 12.4 Å². The summed E-state index contributed by atoms with van der Waals surface area (Å²) in [6, 6.07) is 4.51. The molecule has 170 valence electrons. The number of halogens is 7. The molecule has 0 spiro atoms. The van der Waals surface area contributed by atoms with Crippen molar-refractivity contribution in [3.8, 4) is 5.69 Å². The van der Waals surface area contributed by atoms with Crippen LogP contribution in [0.4, 0.5) is 26.3 Å². The third-order valence-corrected chi connectivity index (χ3v) is 5.65. The van der Waals surface area contributed by atoms with Gasteiger partial charge in [-0.05, 0) is 44.0 Å². The number of piperidine rings is 1. The van der Waals surface area contributed by atoms with E-state index in [9.17, 15) is 36.2 Å². The number of aromatic nitrogens is 2. The van der Waals surface area contributed by atoms with Crippen molar-refractivity contribution < 1.29 is 36.2 Å². The zero-order chi connectivity index (χ0) is 23.2. The average molecular weight is 470 g/mol. The number of hydrogen-bond donors (Lipinski definition) is 1. The third kappa shape index (κ3) is 4.52. The maximum absolute atomic E-state index is 12.9. The summed E-state index contributed by atoms with van der Waals surface area (Å²) in [4.78, 5) is 13.1. The lowest BCUT2D eigenvalue weighted by molar-refractivity contribution is -0.250. The summed E-state index contributed by atoms with van der Waals surface area (Å²) in [5, 5.41) is 13.6. The molecule has 5 nitrogen and oxygen atoms in total. The lowest BCUT2D eigenvalue weighted by atomic mass is 9.92. The number of nitrogens with zero attached hydrogens (tertiary/aromatic N) is 3. The fourth-order valence-electron chi connectivity index (χ4n) is 3.49. The van der Waals surface area contributed by atoms with Crippen molar-refractivity contribution in [2.75, 3.05) is 13.1 Å². The smallest absolute Gasteiger partial charge is 0.373 e. The Kier molecular flexibility index (Phi) is 6.05. The highest BCUT2D eigenvalue weighted by Gasteiger charge is 2.57. The summed E-state index contributed by atoms with van der Waals surface area (Å²) in [5.41, 5.74) is -3.54. The molecular formula is C19H18ClF6N3O2. The number of benzene rings is 1. The minimum Gasteiger partial charge on any atom is -0.373 e. The summed E-state index contributed by atoms with van der Waals surface area (Å²) >= 11 is 6.05. The Labute approximate surface area is 178 Å². The van der Waals surface area contributed by atoms with Crippen molar-refractivity contribution in [1.82, 2.24) is 14.7 Å². The predicted octanol–water partition coefficient (Wildman–Crippen LogP) is 4.56. The molecular weight excluding hydrogens is 452 g/mol. The van der Waals surface area contributed by atoms with Gasteiger partial charge in [0.05, 0.1) is 16.3 Å². The van der Waals surface area contributed by atoms with Crippen molar-refractivity contribution in [2.45, 2.75) is 43.6 Å². The van der Waals surface area contributed by atoms with E-state index in [2.05, 4.69) is 5.10 Å². The molecule has 1 amide bonds. The van der Waals surface area contributed by atoms with Crippen LogP contribution in [0.2, 0.25) is 5.02 Å².